The third kappa shape index (κ3) is 3.46. The number of H-pyrrole nitrogens is 1. The molecule has 2 aromatic carbocycles. The van der Waals surface area contributed by atoms with Gasteiger partial charge in [0, 0.05) is 5.02 Å². The van der Waals surface area contributed by atoms with Gasteiger partial charge in [-0.3, -0.25) is 0 Å². The van der Waals surface area contributed by atoms with Gasteiger partial charge in [-0.25, -0.2) is 4.79 Å². The Balaban J connectivity index is 1.81. The number of carboxylic acids is 1. The number of aromatic carboxylic acids is 1. The van der Waals surface area contributed by atoms with Crippen molar-refractivity contribution >= 4 is 29.7 Å². The lowest BCUT2D eigenvalue weighted by atomic mass is 10.0. The van der Waals surface area contributed by atoms with Crippen LogP contribution in [0.3, 0.4) is 0 Å². The van der Waals surface area contributed by atoms with Crippen molar-refractivity contribution in [3.8, 4) is 11.1 Å². The van der Waals surface area contributed by atoms with Crippen molar-refractivity contribution in [3.05, 3.63) is 70.5 Å². The number of halogens is 1. The minimum atomic E-state index is -1.12. The molecule has 0 amide bonds. The molecule has 114 valence electrons. The first kappa shape index (κ1) is 15.0. The molecule has 0 unspecified atom stereocenters. The number of rotatable bonds is 4. The molecule has 0 bridgehead atoms. The Labute approximate surface area is 137 Å². The molecule has 1 heterocycles. The Hall–Kier alpha value is -2.92. The fourth-order valence-corrected chi connectivity index (χ4v) is 2.33. The van der Waals surface area contributed by atoms with E-state index >= 15 is 0 Å². The van der Waals surface area contributed by atoms with Crippen molar-refractivity contribution in [1.82, 2.24) is 15.4 Å². The van der Waals surface area contributed by atoms with E-state index in [2.05, 4.69) is 15.4 Å². The molecule has 23 heavy (non-hydrogen) atoms. The lowest BCUT2D eigenvalue weighted by molar-refractivity contribution is 0.0690. The summed E-state index contributed by atoms with van der Waals surface area (Å²) in [4.78, 5) is 11.0. The molecule has 6 heteroatoms. The number of benzene rings is 2. The van der Waals surface area contributed by atoms with Gasteiger partial charge in [0.1, 0.15) is 5.69 Å². The summed E-state index contributed by atoms with van der Waals surface area (Å²) in [5.41, 5.74) is 3.21. The summed E-state index contributed by atoms with van der Waals surface area (Å²) in [5, 5.41) is 19.4. The summed E-state index contributed by atoms with van der Waals surface area (Å²) in [5.74, 6) is -1.12. The maximum Gasteiger partial charge on any atom is 0.358 e. The Morgan fingerprint density at radius 2 is 1.83 bits per heavy atom. The fraction of sp³-hybridized carbons (Fsp3) is 0. The Kier molecular flexibility index (Phi) is 4.21. The zero-order chi connectivity index (χ0) is 16.2. The molecule has 0 spiro atoms. The molecule has 1 aromatic heterocycles. The van der Waals surface area contributed by atoms with E-state index in [4.69, 9.17) is 16.7 Å². The Morgan fingerprint density at radius 3 is 2.52 bits per heavy atom. The second kappa shape index (κ2) is 6.46. The summed E-state index contributed by atoms with van der Waals surface area (Å²) in [7, 11) is 0. The van der Waals surface area contributed by atoms with Gasteiger partial charge < -0.3 is 5.11 Å². The first-order chi connectivity index (χ1) is 11.1. The number of nitrogens with one attached hydrogen (secondary N) is 1. The molecular weight excluding hydrogens is 314 g/mol. The van der Waals surface area contributed by atoms with Crippen molar-refractivity contribution < 1.29 is 9.90 Å². The first-order valence-corrected chi connectivity index (χ1v) is 7.19. The molecule has 0 aliphatic carbocycles. The first-order valence-electron chi connectivity index (χ1n) is 6.81. The minimum Gasteiger partial charge on any atom is -0.476 e. The smallest absolute Gasteiger partial charge is 0.358 e. The molecule has 0 atom stereocenters. The molecule has 0 saturated heterocycles. The maximum atomic E-state index is 11.0. The van der Waals surface area contributed by atoms with E-state index < -0.39 is 5.97 Å². The SMILES string of the molecule is O=C(O)c1n[nH]nc1/C=C/c1ccc(-c2cccc(Cl)c2)cc1. The molecule has 5 nitrogen and oxygen atoms in total. The molecule has 0 aliphatic heterocycles. The lowest BCUT2D eigenvalue weighted by Crippen LogP contribution is -1.98. The van der Waals surface area contributed by atoms with Crippen molar-refractivity contribution in [1.29, 1.82) is 0 Å². The van der Waals surface area contributed by atoms with Crippen LogP contribution in [-0.2, 0) is 0 Å². The van der Waals surface area contributed by atoms with Crippen LogP contribution in [0.2, 0.25) is 5.02 Å². The van der Waals surface area contributed by atoms with Gasteiger partial charge in [0.15, 0.2) is 5.69 Å². The molecule has 3 rings (SSSR count). The van der Waals surface area contributed by atoms with Crippen LogP contribution in [0.15, 0.2) is 48.5 Å². The van der Waals surface area contributed by atoms with Crippen LogP contribution >= 0.6 is 11.6 Å². The highest BCUT2D eigenvalue weighted by atomic mass is 35.5. The molecule has 2 N–H and O–H groups in total. The van der Waals surface area contributed by atoms with E-state index in [0.717, 1.165) is 16.7 Å². The van der Waals surface area contributed by atoms with Crippen LogP contribution in [0, 0.1) is 0 Å². The number of hydrogen-bond acceptors (Lipinski definition) is 3. The number of carbonyl (C=O) groups is 1. The summed E-state index contributed by atoms with van der Waals surface area (Å²) in [6.07, 6.45) is 3.40. The van der Waals surface area contributed by atoms with Crippen molar-refractivity contribution in [2.45, 2.75) is 0 Å². The number of hydrogen-bond donors (Lipinski definition) is 2. The average Bonchev–Trinajstić information content (AvgIpc) is 3.02. The average molecular weight is 326 g/mol. The van der Waals surface area contributed by atoms with E-state index in [-0.39, 0.29) is 11.4 Å². The van der Waals surface area contributed by atoms with Crippen molar-refractivity contribution in [2.75, 3.05) is 0 Å². The highest BCUT2D eigenvalue weighted by molar-refractivity contribution is 6.30. The van der Waals surface area contributed by atoms with Crippen LogP contribution in [-0.4, -0.2) is 26.5 Å². The zero-order valence-electron chi connectivity index (χ0n) is 11.9. The van der Waals surface area contributed by atoms with Gasteiger partial charge in [-0.05, 0) is 34.9 Å². The monoisotopic (exact) mass is 325 g/mol. The summed E-state index contributed by atoms with van der Waals surface area (Å²) in [6, 6.07) is 15.5. The largest absolute Gasteiger partial charge is 0.476 e. The van der Waals surface area contributed by atoms with E-state index in [9.17, 15) is 4.79 Å². The van der Waals surface area contributed by atoms with Crippen molar-refractivity contribution in [2.24, 2.45) is 0 Å². The van der Waals surface area contributed by atoms with Gasteiger partial charge in [0.05, 0.1) is 0 Å². The lowest BCUT2D eigenvalue weighted by Gasteiger charge is -2.02. The summed E-state index contributed by atoms with van der Waals surface area (Å²) in [6.45, 7) is 0. The van der Waals surface area contributed by atoms with Crippen LogP contribution in [0.5, 0.6) is 0 Å². The number of aromatic amines is 1. The van der Waals surface area contributed by atoms with Gasteiger partial charge in [0.25, 0.3) is 0 Å². The number of nitrogens with zero attached hydrogens (tertiary/aromatic N) is 2. The Bertz CT molecular complexity index is 870. The number of aromatic nitrogens is 3. The topological polar surface area (TPSA) is 78.9 Å². The van der Waals surface area contributed by atoms with Crippen LogP contribution in [0.1, 0.15) is 21.7 Å². The van der Waals surface area contributed by atoms with Crippen LogP contribution < -0.4 is 0 Å². The number of carboxylic acid groups (broad SMARTS) is 1. The Morgan fingerprint density at radius 1 is 1.04 bits per heavy atom. The quantitative estimate of drug-likeness (QED) is 0.760. The van der Waals surface area contributed by atoms with E-state index in [0.29, 0.717) is 5.02 Å². The summed E-state index contributed by atoms with van der Waals surface area (Å²) >= 11 is 6.00. The minimum absolute atomic E-state index is 0.100. The van der Waals surface area contributed by atoms with E-state index in [1.807, 2.05) is 48.5 Å². The normalized spacial score (nSPS) is 11.0. The molecule has 0 radical (unpaired) electrons. The molecule has 0 saturated carbocycles. The van der Waals surface area contributed by atoms with Gasteiger partial charge in [-0.2, -0.15) is 10.3 Å². The van der Waals surface area contributed by atoms with Gasteiger partial charge in [-0.1, -0.05) is 54.1 Å². The molecule has 3 aromatic rings. The van der Waals surface area contributed by atoms with Gasteiger partial charge in [-0.15, -0.1) is 5.10 Å². The van der Waals surface area contributed by atoms with Gasteiger partial charge in [0.2, 0.25) is 0 Å². The molecule has 0 aliphatic rings. The maximum absolute atomic E-state index is 11.0. The molecule has 0 fully saturated rings. The van der Waals surface area contributed by atoms with E-state index in [1.54, 1.807) is 12.2 Å². The standard InChI is InChI=1S/C17H12ClN3O2/c18-14-3-1-2-13(10-14)12-7-4-11(5-8-12)6-9-15-16(17(22)23)20-21-19-15/h1-10H,(H,22,23)(H,19,20,21)/b9-6+. The third-order valence-electron chi connectivity index (χ3n) is 3.28. The van der Waals surface area contributed by atoms with Gasteiger partial charge >= 0.3 is 5.97 Å². The van der Waals surface area contributed by atoms with Crippen LogP contribution in [0.4, 0.5) is 0 Å². The van der Waals surface area contributed by atoms with Crippen LogP contribution in [0.25, 0.3) is 23.3 Å². The highest BCUT2D eigenvalue weighted by Gasteiger charge is 2.12. The highest BCUT2D eigenvalue weighted by Crippen LogP contribution is 2.23. The second-order valence-electron chi connectivity index (χ2n) is 4.83. The summed E-state index contributed by atoms with van der Waals surface area (Å²) < 4.78 is 0. The second-order valence-corrected chi connectivity index (χ2v) is 5.26. The zero-order valence-corrected chi connectivity index (χ0v) is 12.7. The predicted octanol–water partition coefficient (Wildman–Crippen LogP) is 3.99. The molecular formula is C17H12ClN3O2. The fourth-order valence-electron chi connectivity index (χ4n) is 2.14. The predicted molar refractivity (Wildman–Crippen MR) is 89.2 cm³/mol. The van der Waals surface area contributed by atoms with E-state index in [1.165, 1.54) is 0 Å². The van der Waals surface area contributed by atoms with Crippen molar-refractivity contribution in [3.63, 3.8) is 0 Å². The third-order valence-corrected chi connectivity index (χ3v) is 3.51.